The van der Waals surface area contributed by atoms with Crippen molar-refractivity contribution in [2.75, 3.05) is 11.5 Å². The van der Waals surface area contributed by atoms with E-state index < -0.39 is 51.3 Å². The summed E-state index contributed by atoms with van der Waals surface area (Å²) in [5.74, 6) is -3.95. The van der Waals surface area contributed by atoms with E-state index in [4.69, 9.17) is 0 Å². The number of hydrogen-bond acceptors (Lipinski definition) is 13. The molecule has 2 N–H and O–H groups in total. The minimum Gasteiger partial charge on any atom is -0.747 e. The molecule has 35 heavy (non-hydrogen) atoms. The van der Waals surface area contributed by atoms with Gasteiger partial charge in [-0.2, -0.15) is 0 Å². The number of amides is 2. The maximum Gasteiger partial charge on any atom is 0.254 e. The van der Waals surface area contributed by atoms with Gasteiger partial charge in [0.1, 0.15) is 27.4 Å². The average Bonchev–Trinajstić information content (AvgIpc) is 3.25. The van der Waals surface area contributed by atoms with Crippen molar-refractivity contribution in [3.8, 4) is 0 Å². The number of carbonyl (C=O) groups is 3. The Morgan fingerprint density at radius 1 is 1.31 bits per heavy atom. The number of aliphatic hydroxyl groups is 1. The number of benzene rings is 1. The summed E-state index contributed by atoms with van der Waals surface area (Å²) >= 11 is 2.08. The first-order chi connectivity index (χ1) is 16.6. The Morgan fingerprint density at radius 2 is 2.03 bits per heavy atom. The van der Waals surface area contributed by atoms with Gasteiger partial charge in [-0.1, -0.05) is 42.1 Å². The zero-order chi connectivity index (χ0) is 25.3. The highest BCUT2D eigenvalue weighted by atomic mass is 32.2. The predicted octanol–water partition coefficient (Wildman–Crippen LogP) is -2.59. The summed E-state index contributed by atoms with van der Waals surface area (Å²) in [7, 11) is -4.66. The monoisotopic (exact) mass is 540 g/mol. The van der Waals surface area contributed by atoms with E-state index in [9.17, 15) is 37.6 Å². The first kappa shape index (κ1) is 25.1. The van der Waals surface area contributed by atoms with Crippen LogP contribution in [-0.4, -0.2) is 83.9 Å². The molecule has 1 saturated heterocycles. The summed E-state index contributed by atoms with van der Waals surface area (Å²) < 4.78 is 33.7. The van der Waals surface area contributed by atoms with Crippen LogP contribution in [0, 0.1) is 0 Å². The molecule has 186 valence electrons. The lowest BCUT2D eigenvalue weighted by atomic mass is 10.0. The van der Waals surface area contributed by atoms with E-state index in [1.54, 1.807) is 30.3 Å². The fraction of sp³-hybridized carbons (Fsp3) is 0.333. The van der Waals surface area contributed by atoms with Crippen LogP contribution in [0.3, 0.4) is 0 Å². The van der Waals surface area contributed by atoms with Gasteiger partial charge >= 0.3 is 0 Å². The number of tetrazole rings is 1. The van der Waals surface area contributed by atoms with E-state index in [-0.39, 0.29) is 22.4 Å². The average molecular weight is 541 g/mol. The summed E-state index contributed by atoms with van der Waals surface area (Å²) in [6.45, 7) is 0. The Bertz CT molecular complexity index is 1300. The van der Waals surface area contributed by atoms with E-state index in [2.05, 4.69) is 20.8 Å². The number of hydrogen-bond donors (Lipinski definition) is 2. The van der Waals surface area contributed by atoms with Crippen molar-refractivity contribution in [1.29, 1.82) is 0 Å². The molecule has 1 aromatic heterocycles. The molecular weight excluding hydrogens is 524 g/mol. The van der Waals surface area contributed by atoms with Crippen molar-refractivity contribution in [3.63, 3.8) is 0 Å². The number of nitrogens with one attached hydrogen (secondary N) is 1. The zero-order valence-corrected chi connectivity index (χ0v) is 20.0. The van der Waals surface area contributed by atoms with Gasteiger partial charge in [-0.05, 0) is 21.6 Å². The molecule has 17 heteroatoms. The van der Waals surface area contributed by atoms with Gasteiger partial charge in [-0.3, -0.25) is 14.5 Å². The fourth-order valence-electron chi connectivity index (χ4n) is 3.48. The lowest BCUT2D eigenvalue weighted by molar-refractivity contribution is -0.301. The molecule has 0 unspecified atom stereocenters. The summed E-state index contributed by atoms with van der Waals surface area (Å²) in [4.78, 5) is 38.0. The SMILES string of the molecule is O=C([O-])C1=C(CSc2nnnn2CS(=O)(=O)[O-])CS[C@@H]2[C@@H](NC(=O)[C@H](O)c3ccccc3)C(=O)N12. The maximum atomic E-state index is 12.7. The third-order valence-electron chi connectivity index (χ3n) is 5.06. The number of fused-ring (bicyclic) bond motifs is 1. The number of carbonyl (C=O) groups excluding carboxylic acids is 3. The van der Waals surface area contributed by atoms with Crippen LogP contribution in [0.15, 0.2) is 46.8 Å². The third kappa shape index (κ3) is 5.32. The normalized spacial score (nSPS) is 20.7. The number of aliphatic hydroxyl groups excluding tert-OH is 1. The minimum absolute atomic E-state index is 0.0308. The van der Waals surface area contributed by atoms with E-state index in [1.165, 1.54) is 11.8 Å². The summed E-state index contributed by atoms with van der Waals surface area (Å²) in [6.07, 6.45) is -1.50. The second-order valence-corrected chi connectivity index (χ2v) is 10.8. The first-order valence-corrected chi connectivity index (χ1v) is 13.4. The van der Waals surface area contributed by atoms with Crippen LogP contribution < -0.4 is 10.4 Å². The first-order valence-electron chi connectivity index (χ1n) is 9.81. The van der Waals surface area contributed by atoms with Crippen molar-refractivity contribution in [1.82, 2.24) is 30.4 Å². The Morgan fingerprint density at radius 3 is 2.69 bits per heavy atom. The number of nitrogens with zero attached hydrogens (tertiary/aromatic N) is 5. The van der Waals surface area contributed by atoms with E-state index in [0.29, 0.717) is 11.1 Å². The van der Waals surface area contributed by atoms with Gasteiger partial charge in [0.15, 0.2) is 6.10 Å². The number of β-lactam (4-membered cyclic amide) rings is 1. The Kier molecular flexibility index (Phi) is 7.13. The van der Waals surface area contributed by atoms with Crippen LogP contribution in [0.1, 0.15) is 11.7 Å². The van der Waals surface area contributed by atoms with Crippen molar-refractivity contribution < 1.29 is 37.6 Å². The number of aromatic nitrogens is 4. The zero-order valence-electron chi connectivity index (χ0n) is 17.5. The molecule has 2 aliphatic heterocycles. The van der Waals surface area contributed by atoms with Gasteiger partial charge in [0.05, 0.1) is 11.7 Å². The van der Waals surface area contributed by atoms with Gasteiger partial charge in [0, 0.05) is 11.5 Å². The molecule has 1 fully saturated rings. The van der Waals surface area contributed by atoms with E-state index in [1.807, 2.05) is 0 Å². The van der Waals surface area contributed by atoms with Crippen LogP contribution in [0.5, 0.6) is 0 Å². The van der Waals surface area contributed by atoms with Gasteiger partial charge in [-0.25, -0.2) is 13.1 Å². The Labute approximate surface area is 206 Å². The van der Waals surface area contributed by atoms with Gasteiger partial charge < -0.3 is 24.9 Å². The van der Waals surface area contributed by atoms with Gasteiger partial charge in [0.2, 0.25) is 5.16 Å². The lowest BCUT2D eigenvalue weighted by Gasteiger charge is -2.51. The number of rotatable bonds is 9. The molecule has 14 nitrogen and oxygen atoms in total. The quantitative estimate of drug-likeness (QED) is 0.190. The van der Waals surface area contributed by atoms with Crippen LogP contribution in [0.4, 0.5) is 0 Å². The molecule has 0 aliphatic carbocycles. The van der Waals surface area contributed by atoms with Crippen molar-refractivity contribution in [2.45, 2.75) is 28.6 Å². The molecule has 3 heterocycles. The molecule has 3 atom stereocenters. The fourth-order valence-corrected chi connectivity index (χ4v) is 6.40. The highest BCUT2D eigenvalue weighted by molar-refractivity contribution is 8.01. The van der Waals surface area contributed by atoms with Crippen molar-refractivity contribution in [3.05, 3.63) is 47.2 Å². The van der Waals surface area contributed by atoms with Gasteiger partial charge in [-0.15, -0.1) is 16.9 Å². The van der Waals surface area contributed by atoms with Crippen LogP contribution in [0.25, 0.3) is 0 Å². The molecule has 0 saturated carbocycles. The minimum atomic E-state index is -4.66. The second-order valence-electron chi connectivity index (χ2n) is 7.39. The van der Waals surface area contributed by atoms with Gasteiger partial charge in [0.25, 0.3) is 11.8 Å². The largest absolute Gasteiger partial charge is 0.747 e. The molecule has 1 aromatic carbocycles. The summed E-state index contributed by atoms with van der Waals surface area (Å²) in [6, 6.07) is 7.08. The van der Waals surface area contributed by atoms with E-state index in [0.717, 1.165) is 21.3 Å². The Hall–Kier alpha value is -2.99. The predicted molar refractivity (Wildman–Crippen MR) is 117 cm³/mol. The van der Waals surface area contributed by atoms with Crippen LogP contribution in [0.2, 0.25) is 0 Å². The van der Waals surface area contributed by atoms with E-state index >= 15 is 0 Å². The molecule has 0 spiro atoms. The molecule has 0 bridgehead atoms. The van der Waals surface area contributed by atoms with Crippen molar-refractivity contribution >= 4 is 51.4 Å². The number of carboxylic acids is 1. The number of thioether (sulfide) groups is 2. The summed E-state index contributed by atoms with van der Waals surface area (Å²) in [5.41, 5.74) is 0.265. The highest BCUT2D eigenvalue weighted by Gasteiger charge is 2.53. The maximum absolute atomic E-state index is 12.7. The standard InChI is InChI=1S/C18H18N6O8S3/c25-13(9-4-2-1-3-5-9)14(26)19-11-15(27)24-12(17(28)29)10(6-33-16(11)24)7-34-18-20-21-22-23(18)8-35(30,31)32/h1-5,11,13,16,25H,6-8H2,(H,19,26)(H,28,29)(H,30,31,32)/p-2/t11-,13+,16+/m0/s1. The van der Waals surface area contributed by atoms with Crippen LogP contribution in [-0.2, 0) is 30.4 Å². The summed E-state index contributed by atoms with van der Waals surface area (Å²) in [5, 5.41) is 34.2. The van der Waals surface area contributed by atoms with Crippen LogP contribution >= 0.6 is 23.5 Å². The lowest BCUT2D eigenvalue weighted by Crippen LogP contribution is -2.71. The highest BCUT2D eigenvalue weighted by Crippen LogP contribution is 2.41. The topological polar surface area (TPSA) is 211 Å². The molecular formula is C18H16N6O8S3-2. The second kappa shape index (κ2) is 9.94. The smallest absolute Gasteiger partial charge is 0.254 e. The molecule has 0 radical (unpaired) electrons. The number of carboxylic acid groups (broad SMARTS) is 1. The van der Waals surface area contributed by atoms with Crippen molar-refractivity contribution in [2.24, 2.45) is 0 Å². The molecule has 4 rings (SSSR count). The molecule has 2 aliphatic rings. The number of aliphatic carboxylic acids is 1. The third-order valence-corrected chi connectivity index (χ3v) is 8.00. The molecule has 2 amide bonds. The molecule has 2 aromatic rings. The Balaban J connectivity index is 1.46.